The fourth-order valence-corrected chi connectivity index (χ4v) is 4.53. The van der Waals surface area contributed by atoms with Gasteiger partial charge in [-0.2, -0.15) is 0 Å². The molecule has 0 spiro atoms. The highest BCUT2D eigenvalue weighted by molar-refractivity contribution is 5.95. The van der Waals surface area contributed by atoms with E-state index >= 15 is 0 Å². The molecular formula is C26H27N3O3. The molecule has 3 aromatic rings. The number of nitrogens with zero attached hydrogens (tertiary/aromatic N) is 2. The number of ether oxygens (including phenoxy) is 1. The monoisotopic (exact) mass is 429 g/mol. The van der Waals surface area contributed by atoms with Crippen molar-refractivity contribution in [2.75, 3.05) is 20.2 Å². The molecule has 1 saturated heterocycles. The van der Waals surface area contributed by atoms with E-state index in [1.807, 2.05) is 36.4 Å². The van der Waals surface area contributed by atoms with Gasteiger partial charge in [-0.05, 0) is 66.3 Å². The maximum absolute atomic E-state index is 13.2. The number of nitrogens with two attached hydrogens (primary N) is 1. The second-order valence-corrected chi connectivity index (χ2v) is 8.28. The highest BCUT2D eigenvalue weighted by atomic mass is 16.5. The Balaban J connectivity index is 1.63. The van der Waals surface area contributed by atoms with E-state index < -0.39 is 5.41 Å². The minimum atomic E-state index is -0.824. The maximum Gasteiger partial charge on any atom is 0.254 e. The van der Waals surface area contributed by atoms with Crippen LogP contribution in [0.4, 0.5) is 0 Å². The minimum absolute atomic E-state index is 0.114. The van der Waals surface area contributed by atoms with E-state index in [1.165, 1.54) is 0 Å². The lowest BCUT2D eigenvalue weighted by molar-refractivity contribution is -0.130. The lowest BCUT2D eigenvalue weighted by Crippen LogP contribution is -2.53. The quantitative estimate of drug-likeness (QED) is 0.647. The third-order valence-electron chi connectivity index (χ3n) is 6.24. The number of likely N-dealkylation sites (tertiary alicyclic amines) is 1. The summed E-state index contributed by atoms with van der Waals surface area (Å²) in [6.45, 7) is 0.889. The number of rotatable bonds is 6. The molecule has 32 heavy (non-hydrogen) atoms. The second-order valence-electron chi connectivity index (χ2n) is 8.28. The summed E-state index contributed by atoms with van der Waals surface area (Å²) < 4.78 is 5.26. The average Bonchev–Trinajstić information content (AvgIpc) is 2.84. The van der Waals surface area contributed by atoms with Crippen molar-refractivity contribution < 1.29 is 14.3 Å². The first-order valence-corrected chi connectivity index (χ1v) is 10.7. The van der Waals surface area contributed by atoms with E-state index in [2.05, 4.69) is 4.98 Å². The molecular weight excluding hydrogens is 402 g/mol. The van der Waals surface area contributed by atoms with Crippen molar-refractivity contribution in [1.82, 2.24) is 9.88 Å². The first-order valence-electron chi connectivity index (χ1n) is 10.7. The summed E-state index contributed by atoms with van der Waals surface area (Å²) in [5, 5.41) is 0. The van der Waals surface area contributed by atoms with Crippen molar-refractivity contribution in [3.8, 4) is 16.9 Å². The molecule has 1 fully saturated rings. The van der Waals surface area contributed by atoms with E-state index in [4.69, 9.17) is 10.5 Å². The maximum atomic E-state index is 13.2. The first kappa shape index (κ1) is 21.6. The largest absolute Gasteiger partial charge is 0.497 e. The van der Waals surface area contributed by atoms with Gasteiger partial charge >= 0.3 is 0 Å². The molecule has 6 nitrogen and oxygen atoms in total. The number of benzene rings is 2. The predicted molar refractivity (Wildman–Crippen MR) is 123 cm³/mol. The standard InChI is InChI=1S/C26H27N3O3/c1-32-22-8-4-7-20(16-22)24(30)29-15-5-12-26(18-29,25(27)31)17-21-6-2-3-9-23(21)19-10-13-28-14-11-19/h2-4,6-11,13-14,16H,5,12,15,17-18H2,1H3,(H2,27,31). The molecule has 2 aromatic carbocycles. The van der Waals surface area contributed by atoms with Gasteiger partial charge in [-0.15, -0.1) is 0 Å². The van der Waals surface area contributed by atoms with E-state index in [-0.39, 0.29) is 11.8 Å². The lowest BCUT2D eigenvalue weighted by atomic mass is 9.73. The Hall–Kier alpha value is -3.67. The third kappa shape index (κ3) is 4.35. The lowest BCUT2D eigenvalue weighted by Gasteiger charge is -2.41. The number of primary amides is 1. The molecule has 6 heteroatoms. The van der Waals surface area contributed by atoms with Crippen LogP contribution in [0.1, 0.15) is 28.8 Å². The molecule has 0 radical (unpaired) electrons. The summed E-state index contributed by atoms with van der Waals surface area (Å²) in [7, 11) is 1.57. The van der Waals surface area contributed by atoms with Crippen LogP contribution < -0.4 is 10.5 Å². The highest BCUT2D eigenvalue weighted by Gasteiger charge is 2.42. The molecule has 0 aliphatic carbocycles. The van der Waals surface area contributed by atoms with Gasteiger partial charge in [0.25, 0.3) is 5.91 Å². The number of carbonyl (C=O) groups is 2. The van der Waals surface area contributed by atoms with Crippen molar-refractivity contribution in [3.63, 3.8) is 0 Å². The molecule has 1 atom stereocenters. The van der Waals surface area contributed by atoms with Crippen LogP contribution in [0.2, 0.25) is 0 Å². The number of hydrogen-bond acceptors (Lipinski definition) is 4. The van der Waals surface area contributed by atoms with Gasteiger partial charge in [-0.3, -0.25) is 14.6 Å². The van der Waals surface area contributed by atoms with Crippen LogP contribution in [0.25, 0.3) is 11.1 Å². The van der Waals surface area contributed by atoms with Gasteiger partial charge in [0.2, 0.25) is 5.91 Å². The number of carbonyl (C=O) groups excluding carboxylic acids is 2. The van der Waals surface area contributed by atoms with Crippen LogP contribution >= 0.6 is 0 Å². The minimum Gasteiger partial charge on any atom is -0.497 e. The van der Waals surface area contributed by atoms with Crippen LogP contribution in [0, 0.1) is 5.41 Å². The smallest absolute Gasteiger partial charge is 0.254 e. The van der Waals surface area contributed by atoms with Crippen LogP contribution in [0.5, 0.6) is 5.75 Å². The fraction of sp³-hybridized carbons (Fsp3) is 0.269. The van der Waals surface area contributed by atoms with E-state index in [1.54, 1.807) is 48.7 Å². The molecule has 2 N–H and O–H groups in total. The molecule has 0 saturated carbocycles. The van der Waals surface area contributed by atoms with Crippen molar-refractivity contribution in [2.24, 2.45) is 11.1 Å². The Morgan fingerprint density at radius 2 is 1.88 bits per heavy atom. The molecule has 1 aliphatic heterocycles. The Labute approximate surface area is 188 Å². The number of methoxy groups -OCH3 is 1. The van der Waals surface area contributed by atoms with Crippen molar-refractivity contribution in [3.05, 3.63) is 84.2 Å². The molecule has 1 unspecified atom stereocenters. The number of pyridine rings is 1. The molecule has 1 aliphatic rings. The summed E-state index contributed by atoms with van der Waals surface area (Å²) in [6, 6.07) is 19.0. The van der Waals surface area contributed by atoms with Crippen LogP contribution in [0.3, 0.4) is 0 Å². The first-order chi connectivity index (χ1) is 15.5. The zero-order chi connectivity index (χ0) is 22.6. The van der Waals surface area contributed by atoms with Gasteiger partial charge in [0, 0.05) is 31.0 Å². The summed E-state index contributed by atoms with van der Waals surface area (Å²) in [5.74, 6) is 0.141. The summed E-state index contributed by atoms with van der Waals surface area (Å²) in [5.41, 5.74) is 8.82. The van der Waals surface area contributed by atoms with Gasteiger partial charge in [0.15, 0.2) is 0 Å². The highest BCUT2D eigenvalue weighted by Crippen LogP contribution is 2.37. The Morgan fingerprint density at radius 3 is 2.62 bits per heavy atom. The van der Waals surface area contributed by atoms with Gasteiger partial charge < -0.3 is 15.4 Å². The predicted octanol–water partition coefficient (Wildman–Crippen LogP) is 3.71. The Morgan fingerprint density at radius 1 is 1.09 bits per heavy atom. The van der Waals surface area contributed by atoms with Crippen LogP contribution in [-0.2, 0) is 11.2 Å². The normalized spacial score (nSPS) is 18.2. The summed E-state index contributed by atoms with van der Waals surface area (Å²) >= 11 is 0. The SMILES string of the molecule is COc1cccc(C(=O)N2CCCC(Cc3ccccc3-c3ccncc3)(C(N)=O)C2)c1. The number of aromatic nitrogens is 1. The third-order valence-corrected chi connectivity index (χ3v) is 6.24. The Kier molecular flexibility index (Phi) is 6.21. The zero-order valence-corrected chi connectivity index (χ0v) is 18.2. The molecule has 164 valence electrons. The fourth-order valence-electron chi connectivity index (χ4n) is 4.53. The number of amides is 2. The van der Waals surface area contributed by atoms with Gasteiger partial charge in [-0.25, -0.2) is 0 Å². The van der Waals surface area contributed by atoms with Crippen LogP contribution in [0.15, 0.2) is 73.1 Å². The van der Waals surface area contributed by atoms with Gasteiger partial charge in [-0.1, -0.05) is 30.3 Å². The van der Waals surface area contributed by atoms with E-state index in [9.17, 15) is 9.59 Å². The topological polar surface area (TPSA) is 85.5 Å². The van der Waals surface area contributed by atoms with Gasteiger partial charge in [0.05, 0.1) is 12.5 Å². The average molecular weight is 430 g/mol. The van der Waals surface area contributed by atoms with Crippen molar-refractivity contribution in [2.45, 2.75) is 19.3 Å². The number of hydrogen-bond donors (Lipinski definition) is 1. The molecule has 1 aromatic heterocycles. The second kappa shape index (κ2) is 9.22. The molecule has 2 amide bonds. The molecule has 0 bridgehead atoms. The van der Waals surface area contributed by atoms with Crippen LogP contribution in [-0.4, -0.2) is 41.9 Å². The number of piperidine rings is 1. The molecule has 2 heterocycles. The summed E-state index contributed by atoms with van der Waals surface area (Å²) in [4.78, 5) is 31.9. The zero-order valence-electron chi connectivity index (χ0n) is 18.2. The van der Waals surface area contributed by atoms with Crippen molar-refractivity contribution in [1.29, 1.82) is 0 Å². The molecule has 4 rings (SSSR count). The summed E-state index contributed by atoms with van der Waals surface area (Å²) in [6.07, 6.45) is 5.35. The van der Waals surface area contributed by atoms with Crippen molar-refractivity contribution >= 4 is 11.8 Å². The Bertz CT molecular complexity index is 1120. The van der Waals surface area contributed by atoms with E-state index in [0.717, 1.165) is 23.1 Å². The van der Waals surface area contributed by atoms with E-state index in [0.29, 0.717) is 37.2 Å². The van der Waals surface area contributed by atoms with Gasteiger partial charge in [0.1, 0.15) is 5.75 Å².